The second-order valence-electron chi connectivity index (χ2n) is 8.41. The van der Waals surface area contributed by atoms with Crippen LogP contribution in [0.25, 0.3) is 0 Å². The van der Waals surface area contributed by atoms with Crippen molar-refractivity contribution in [3.63, 3.8) is 0 Å². The number of hydrogen-bond donors (Lipinski definition) is 4. The normalized spacial score (nSPS) is 14.2. The van der Waals surface area contributed by atoms with E-state index in [1.807, 2.05) is 6.07 Å². The fourth-order valence-corrected chi connectivity index (χ4v) is 5.68. The zero-order valence-corrected chi connectivity index (χ0v) is 20.3. The Balaban J connectivity index is 1.48. The topological polar surface area (TPSA) is 125 Å². The minimum absolute atomic E-state index is 0.0185. The first-order valence-electron chi connectivity index (χ1n) is 11.6. The van der Waals surface area contributed by atoms with Crippen LogP contribution in [0.4, 0.5) is 11.4 Å². The number of rotatable bonds is 9. The van der Waals surface area contributed by atoms with E-state index >= 15 is 0 Å². The summed E-state index contributed by atoms with van der Waals surface area (Å²) in [5, 5.41) is 17.4. The van der Waals surface area contributed by atoms with Crippen LogP contribution in [0.1, 0.15) is 40.4 Å². The maximum absolute atomic E-state index is 13.3. The highest BCUT2D eigenvalue weighted by atomic mass is 32.2. The summed E-state index contributed by atoms with van der Waals surface area (Å²) < 4.78 is 26.5. The van der Waals surface area contributed by atoms with Crippen molar-refractivity contribution in [3.8, 4) is 0 Å². The summed E-state index contributed by atoms with van der Waals surface area (Å²) in [6.07, 6.45) is 3.59. The smallest absolute Gasteiger partial charge is 0.305 e. The van der Waals surface area contributed by atoms with Crippen LogP contribution < -0.4 is 16.0 Å². The molecule has 0 fully saturated rings. The number of anilines is 2. The summed E-state index contributed by atoms with van der Waals surface area (Å²) in [6, 6.07) is 21.1. The van der Waals surface area contributed by atoms with Gasteiger partial charge in [0.2, 0.25) is 0 Å². The minimum atomic E-state index is -3.98. The van der Waals surface area contributed by atoms with Crippen molar-refractivity contribution < 1.29 is 23.1 Å². The standard InChI is InChI=1S/C27H27N3O5S/c31-26(32)18-24(19-7-2-1-3-8-19)36(34,35)23-14-12-21(13-15-23)30-27(33)20-9-6-10-22(17-20)29-25-11-4-5-16-28-25/h1-3,6-15,17,24,28-29H,4-5,16,18H2,(H,30,33)(H,31,32). The Morgan fingerprint density at radius 3 is 2.36 bits per heavy atom. The van der Waals surface area contributed by atoms with Gasteiger partial charge >= 0.3 is 5.97 Å². The van der Waals surface area contributed by atoms with Gasteiger partial charge in [-0.15, -0.1) is 0 Å². The Hall–Kier alpha value is -4.11. The molecule has 1 atom stereocenters. The van der Waals surface area contributed by atoms with Gasteiger partial charge in [0.05, 0.1) is 17.1 Å². The largest absolute Gasteiger partial charge is 0.481 e. The SMILES string of the molecule is O=C(O)CC(c1ccccc1)S(=O)(=O)c1ccc(NC(=O)c2cccc(NC3=CCCCN3)c2)cc1. The number of carboxylic acid groups (broad SMARTS) is 1. The van der Waals surface area contributed by atoms with E-state index < -0.39 is 27.5 Å². The van der Waals surface area contributed by atoms with Gasteiger partial charge in [0.25, 0.3) is 5.91 Å². The molecule has 3 aromatic rings. The van der Waals surface area contributed by atoms with E-state index in [-0.39, 0.29) is 10.8 Å². The molecule has 0 aliphatic carbocycles. The lowest BCUT2D eigenvalue weighted by Crippen LogP contribution is -2.24. The number of aliphatic carboxylic acids is 1. The molecule has 1 aliphatic heterocycles. The van der Waals surface area contributed by atoms with Crippen LogP contribution in [0.15, 0.2) is 95.7 Å². The fourth-order valence-electron chi connectivity index (χ4n) is 3.96. The van der Waals surface area contributed by atoms with Gasteiger partial charge in [-0.2, -0.15) is 0 Å². The van der Waals surface area contributed by atoms with Crippen LogP contribution in [0.3, 0.4) is 0 Å². The van der Waals surface area contributed by atoms with Gasteiger partial charge in [0.15, 0.2) is 9.84 Å². The molecule has 0 saturated heterocycles. The highest BCUT2D eigenvalue weighted by Crippen LogP contribution is 2.32. The minimum Gasteiger partial charge on any atom is -0.481 e. The summed E-state index contributed by atoms with van der Waals surface area (Å²) in [7, 11) is -3.98. The number of hydrogen-bond acceptors (Lipinski definition) is 6. The van der Waals surface area contributed by atoms with E-state index in [0.717, 1.165) is 30.9 Å². The average molecular weight is 506 g/mol. The molecule has 4 rings (SSSR count). The Morgan fingerprint density at radius 2 is 1.69 bits per heavy atom. The molecule has 186 valence electrons. The Labute approximate surface area is 210 Å². The first-order chi connectivity index (χ1) is 17.3. The molecule has 4 N–H and O–H groups in total. The Bertz CT molecular complexity index is 1370. The number of carboxylic acids is 1. The van der Waals surface area contributed by atoms with Crippen LogP contribution in [0.2, 0.25) is 0 Å². The van der Waals surface area contributed by atoms with Gasteiger partial charge in [-0.05, 0) is 66.9 Å². The van der Waals surface area contributed by atoms with E-state index in [0.29, 0.717) is 16.8 Å². The number of benzene rings is 3. The van der Waals surface area contributed by atoms with E-state index in [4.69, 9.17) is 0 Å². The number of sulfone groups is 1. The van der Waals surface area contributed by atoms with Crippen LogP contribution in [-0.4, -0.2) is 31.9 Å². The second-order valence-corrected chi connectivity index (χ2v) is 10.5. The van der Waals surface area contributed by atoms with Crippen molar-refractivity contribution in [2.24, 2.45) is 0 Å². The third-order valence-corrected chi connectivity index (χ3v) is 7.91. The van der Waals surface area contributed by atoms with Crippen LogP contribution in [-0.2, 0) is 14.6 Å². The van der Waals surface area contributed by atoms with Gasteiger partial charge < -0.3 is 21.1 Å². The summed E-state index contributed by atoms with van der Waals surface area (Å²) in [5.41, 5.74) is 2.04. The van der Waals surface area contributed by atoms with Gasteiger partial charge in [0.1, 0.15) is 5.25 Å². The van der Waals surface area contributed by atoms with Crippen molar-refractivity contribution in [2.45, 2.75) is 29.4 Å². The quantitative estimate of drug-likeness (QED) is 0.336. The highest BCUT2D eigenvalue weighted by Gasteiger charge is 2.31. The molecule has 0 bridgehead atoms. The third-order valence-electron chi connectivity index (χ3n) is 5.80. The lowest BCUT2D eigenvalue weighted by Gasteiger charge is -2.18. The fraction of sp³-hybridized carbons (Fsp3) is 0.185. The molecule has 36 heavy (non-hydrogen) atoms. The maximum atomic E-state index is 13.3. The molecule has 1 aliphatic rings. The van der Waals surface area contributed by atoms with Gasteiger partial charge in [-0.25, -0.2) is 8.42 Å². The zero-order valence-electron chi connectivity index (χ0n) is 19.5. The summed E-state index contributed by atoms with van der Waals surface area (Å²) in [6.45, 7) is 0.896. The summed E-state index contributed by atoms with van der Waals surface area (Å²) in [4.78, 5) is 24.2. The molecule has 0 spiro atoms. The maximum Gasteiger partial charge on any atom is 0.305 e. The highest BCUT2D eigenvalue weighted by molar-refractivity contribution is 7.91. The predicted octanol–water partition coefficient (Wildman–Crippen LogP) is 4.57. The summed E-state index contributed by atoms with van der Waals surface area (Å²) >= 11 is 0. The first-order valence-corrected chi connectivity index (χ1v) is 13.1. The monoisotopic (exact) mass is 505 g/mol. The van der Waals surface area contributed by atoms with Crippen LogP contribution in [0.5, 0.6) is 0 Å². The van der Waals surface area contributed by atoms with Crippen molar-refractivity contribution >= 4 is 33.1 Å². The number of nitrogens with one attached hydrogen (secondary N) is 3. The zero-order chi connectivity index (χ0) is 25.5. The van der Waals surface area contributed by atoms with E-state index in [1.54, 1.807) is 48.5 Å². The average Bonchev–Trinajstić information content (AvgIpc) is 2.89. The molecule has 8 nitrogen and oxygen atoms in total. The van der Waals surface area contributed by atoms with Crippen LogP contribution in [0, 0.1) is 0 Å². The van der Waals surface area contributed by atoms with E-state index in [9.17, 15) is 23.1 Å². The van der Waals surface area contributed by atoms with Crippen molar-refractivity contribution in [1.29, 1.82) is 0 Å². The lowest BCUT2D eigenvalue weighted by molar-refractivity contribution is -0.137. The molecular weight excluding hydrogens is 478 g/mol. The number of amides is 1. The molecule has 0 radical (unpaired) electrons. The lowest BCUT2D eigenvalue weighted by atomic mass is 10.1. The molecule has 0 saturated carbocycles. The van der Waals surface area contributed by atoms with Gasteiger partial charge in [0, 0.05) is 23.5 Å². The molecular formula is C27H27N3O5S. The molecule has 1 amide bonds. The van der Waals surface area contributed by atoms with E-state index in [2.05, 4.69) is 22.0 Å². The molecule has 9 heteroatoms. The molecule has 1 unspecified atom stereocenters. The Morgan fingerprint density at radius 1 is 0.944 bits per heavy atom. The van der Waals surface area contributed by atoms with E-state index in [1.165, 1.54) is 24.3 Å². The van der Waals surface area contributed by atoms with Crippen LogP contribution >= 0.6 is 0 Å². The third kappa shape index (κ3) is 6.11. The number of carbonyl (C=O) groups excluding carboxylic acids is 1. The number of allylic oxidation sites excluding steroid dienone is 1. The molecule has 1 heterocycles. The second kappa shape index (κ2) is 11.1. The van der Waals surface area contributed by atoms with Crippen molar-refractivity contribution in [2.75, 3.05) is 17.2 Å². The van der Waals surface area contributed by atoms with Gasteiger partial charge in [-0.3, -0.25) is 9.59 Å². The van der Waals surface area contributed by atoms with Gasteiger partial charge in [-0.1, -0.05) is 36.4 Å². The molecule has 3 aromatic carbocycles. The Kier molecular flexibility index (Phi) is 7.70. The molecule has 0 aromatic heterocycles. The first kappa shape index (κ1) is 25.0. The van der Waals surface area contributed by atoms with Crippen molar-refractivity contribution in [1.82, 2.24) is 5.32 Å². The summed E-state index contributed by atoms with van der Waals surface area (Å²) in [5.74, 6) is -0.635. The number of carbonyl (C=O) groups is 2. The van der Waals surface area contributed by atoms with Crippen molar-refractivity contribution in [3.05, 3.63) is 102 Å². The predicted molar refractivity (Wildman–Crippen MR) is 138 cm³/mol.